The minimum atomic E-state index is -1.33. The van der Waals surface area contributed by atoms with Crippen molar-refractivity contribution in [2.45, 2.75) is 60.3 Å². The van der Waals surface area contributed by atoms with Crippen molar-refractivity contribution >= 4 is 71.4 Å². The average molecular weight is 745 g/mol. The van der Waals surface area contributed by atoms with Crippen LogP contribution in [-0.4, -0.2) is 93.8 Å². The zero-order valence-electron chi connectivity index (χ0n) is 28.8. The molecular formula is C31H60N4O8S4. The molecule has 1 atom stereocenters. The molecule has 2 rings (SSSR count). The smallest absolute Gasteiger partial charge is 0.404 e. The number of amides is 4. The fourth-order valence-electron chi connectivity index (χ4n) is 4.54. The van der Waals surface area contributed by atoms with Crippen molar-refractivity contribution < 1.29 is 38.9 Å². The van der Waals surface area contributed by atoms with E-state index >= 15 is 0 Å². The minimum absolute atomic E-state index is 0.356. The summed E-state index contributed by atoms with van der Waals surface area (Å²) in [4.78, 5) is 36.8. The fourth-order valence-corrected chi connectivity index (χ4v) is 9.54. The van der Waals surface area contributed by atoms with E-state index in [0.717, 1.165) is 17.8 Å². The number of carbonyl (C=O) groups excluding carboxylic acids is 2. The van der Waals surface area contributed by atoms with Gasteiger partial charge in [-0.05, 0) is 85.7 Å². The minimum Gasteiger partial charge on any atom is -0.465 e. The first-order valence-corrected chi connectivity index (χ1v) is 19.9. The standard InChI is InChI=1S/C23H40S4.2C3H7NO2.2CH3NO2/c1-18(8-22-16-26-12-20(3)13-27-17-22)9-23(4,5)7-6-21-14-24-10-19(2)11-25-15-21;2*1-2-6-3(4)5;2*2-1(3)4/h18,21-22H,2-3,6-17H2,1,4-5H3;2*2H2,1H3,(H2,4,5);2*2H2,(H,3,4). The third-order valence-electron chi connectivity index (χ3n) is 6.08. The summed E-state index contributed by atoms with van der Waals surface area (Å²) < 4.78 is 8.36. The van der Waals surface area contributed by atoms with Crippen molar-refractivity contribution in [1.29, 1.82) is 0 Å². The first kappa shape index (κ1) is 49.3. The van der Waals surface area contributed by atoms with Gasteiger partial charge >= 0.3 is 24.4 Å². The molecule has 0 aromatic rings. The second kappa shape index (κ2) is 31.2. The first-order valence-electron chi connectivity index (χ1n) is 15.3. The Bertz CT molecular complexity index is 853. The summed E-state index contributed by atoms with van der Waals surface area (Å²) in [5.74, 6) is 12.7. The molecule has 4 amide bonds. The Morgan fingerprint density at radius 2 is 1.09 bits per heavy atom. The van der Waals surface area contributed by atoms with Crippen LogP contribution in [0.3, 0.4) is 0 Å². The Morgan fingerprint density at radius 1 is 0.766 bits per heavy atom. The SMILES string of the molecule is C=C1CSCC(CCC(C)(C)CC(C)CC2CSCC(=C)CSC2)CSC1.CCOC(N)=O.CCOC(N)=O.NC(=O)O.NC(=O)O. The summed E-state index contributed by atoms with van der Waals surface area (Å²) in [6, 6.07) is 0. The lowest BCUT2D eigenvalue weighted by Gasteiger charge is -2.32. The molecule has 2 fully saturated rings. The topological polar surface area (TPSA) is 231 Å². The van der Waals surface area contributed by atoms with Crippen molar-refractivity contribution in [3.05, 3.63) is 24.3 Å². The largest absolute Gasteiger partial charge is 0.465 e. The van der Waals surface area contributed by atoms with Crippen LogP contribution in [0.15, 0.2) is 24.3 Å². The van der Waals surface area contributed by atoms with Gasteiger partial charge in [0, 0.05) is 23.0 Å². The number of carboxylic acid groups (broad SMARTS) is 2. The van der Waals surface area contributed by atoms with Crippen LogP contribution < -0.4 is 22.9 Å². The molecule has 2 aliphatic heterocycles. The van der Waals surface area contributed by atoms with E-state index in [9.17, 15) is 9.59 Å². The van der Waals surface area contributed by atoms with Gasteiger partial charge in [-0.1, -0.05) is 45.1 Å². The van der Waals surface area contributed by atoms with Crippen LogP contribution >= 0.6 is 47.0 Å². The maximum atomic E-state index is 9.60. The van der Waals surface area contributed by atoms with E-state index in [1.54, 1.807) is 13.8 Å². The zero-order chi connectivity index (χ0) is 36.8. The number of primary amides is 4. The van der Waals surface area contributed by atoms with Gasteiger partial charge in [0.05, 0.1) is 13.2 Å². The van der Waals surface area contributed by atoms with E-state index in [2.05, 4.69) is 113 Å². The second-order valence-corrected chi connectivity index (χ2v) is 15.8. The van der Waals surface area contributed by atoms with Gasteiger partial charge in [-0.2, -0.15) is 47.0 Å². The molecule has 47 heavy (non-hydrogen) atoms. The van der Waals surface area contributed by atoms with Crippen LogP contribution in [0.1, 0.15) is 60.3 Å². The molecule has 10 N–H and O–H groups in total. The predicted octanol–water partition coefficient (Wildman–Crippen LogP) is 6.96. The lowest BCUT2D eigenvalue weighted by atomic mass is 9.76. The van der Waals surface area contributed by atoms with E-state index in [1.807, 2.05) is 0 Å². The molecule has 0 radical (unpaired) electrons. The zero-order valence-corrected chi connectivity index (χ0v) is 32.1. The van der Waals surface area contributed by atoms with Gasteiger partial charge in [0.1, 0.15) is 0 Å². The number of carbonyl (C=O) groups is 4. The number of ether oxygens (including phenoxy) is 2. The Labute approximate surface area is 299 Å². The quantitative estimate of drug-likeness (QED) is 0.132. The molecule has 0 saturated carbocycles. The Hall–Kier alpha value is -2.04. The lowest BCUT2D eigenvalue weighted by Crippen LogP contribution is -2.22. The van der Waals surface area contributed by atoms with Gasteiger partial charge in [-0.3, -0.25) is 0 Å². The lowest BCUT2D eigenvalue weighted by molar-refractivity contribution is 0.162. The number of hydrogen-bond acceptors (Lipinski definition) is 10. The Balaban J connectivity index is -0.000000785. The third kappa shape index (κ3) is 41.9. The molecule has 16 heteroatoms. The first-order chi connectivity index (χ1) is 21.8. The molecule has 0 spiro atoms. The summed E-state index contributed by atoms with van der Waals surface area (Å²) in [7, 11) is 0. The van der Waals surface area contributed by atoms with Crippen molar-refractivity contribution in [3.8, 4) is 0 Å². The molecule has 276 valence electrons. The molecule has 2 aliphatic rings. The maximum Gasteiger partial charge on any atom is 0.404 e. The van der Waals surface area contributed by atoms with E-state index in [4.69, 9.17) is 19.8 Å². The average Bonchev–Trinajstić information content (AvgIpc) is 2.88. The number of nitrogens with two attached hydrogens (primary N) is 4. The number of rotatable bonds is 9. The number of thioether (sulfide) groups is 4. The van der Waals surface area contributed by atoms with Gasteiger partial charge in [-0.15, -0.1) is 0 Å². The molecule has 12 nitrogen and oxygen atoms in total. The van der Waals surface area contributed by atoms with Crippen molar-refractivity contribution in [2.24, 2.45) is 46.1 Å². The van der Waals surface area contributed by atoms with Crippen LogP contribution in [0.5, 0.6) is 0 Å². The molecule has 0 aromatic heterocycles. The summed E-state index contributed by atoms with van der Waals surface area (Å²) in [5.41, 5.74) is 20.5. The number of hydrogen-bond donors (Lipinski definition) is 6. The van der Waals surface area contributed by atoms with Gasteiger partial charge in [0.25, 0.3) is 0 Å². The van der Waals surface area contributed by atoms with Crippen LogP contribution in [0, 0.1) is 23.2 Å². The van der Waals surface area contributed by atoms with Crippen LogP contribution in [0.2, 0.25) is 0 Å². The van der Waals surface area contributed by atoms with Gasteiger partial charge in [-0.25, -0.2) is 19.2 Å². The highest BCUT2D eigenvalue weighted by molar-refractivity contribution is 8.01. The van der Waals surface area contributed by atoms with E-state index < -0.39 is 24.4 Å². The molecule has 1 unspecified atom stereocenters. The normalized spacial score (nSPS) is 16.4. The van der Waals surface area contributed by atoms with Gasteiger partial charge in [0.2, 0.25) is 0 Å². The second-order valence-electron chi connectivity index (χ2n) is 11.7. The van der Waals surface area contributed by atoms with Crippen molar-refractivity contribution in [2.75, 3.05) is 59.2 Å². The van der Waals surface area contributed by atoms with Crippen LogP contribution in [0.25, 0.3) is 0 Å². The van der Waals surface area contributed by atoms with Gasteiger partial charge in [0.15, 0.2) is 0 Å². The van der Waals surface area contributed by atoms with Crippen LogP contribution in [-0.2, 0) is 9.47 Å². The highest BCUT2D eigenvalue weighted by Gasteiger charge is 2.25. The van der Waals surface area contributed by atoms with Crippen LogP contribution in [0.4, 0.5) is 19.2 Å². The monoisotopic (exact) mass is 744 g/mol. The van der Waals surface area contributed by atoms with E-state index in [0.29, 0.717) is 18.6 Å². The predicted molar refractivity (Wildman–Crippen MR) is 203 cm³/mol. The van der Waals surface area contributed by atoms with Crippen molar-refractivity contribution in [3.63, 3.8) is 0 Å². The molecule has 0 aliphatic carbocycles. The fraction of sp³-hybridized carbons (Fsp3) is 0.742. The Kier molecular flexibility index (Phi) is 32.8. The molecule has 0 bridgehead atoms. The summed E-state index contributed by atoms with van der Waals surface area (Å²) in [6.45, 7) is 20.0. The molecular weight excluding hydrogens is 685 g/mol. The van der Waals surface area contributed by atoms with Gasteiger partial charge < -0.3 is 42.6 Å². The van der Waals surface area contributed by atoms with E-state index in [-0.39, 0.29) is 0 Å². The summed E-state index contributed by atoms with van der Waals surface area (Å²) in [6.07, 6.45) is 1.50. The summed E-state index contributed by atoms with van der Waals surface area (Å²) in [5, 5.41) is 14.4. The molecule has 2 saturated heterocycles. The van der Waals surface area contributed by atoms with Crippen molar-refractivity contribution in [1.82, 2.24) is 0 Å². The highest BCUT2D eigenvalue weighted by atomic mass is 32.2. The third-order valence-corrected chi connectivity index (χ3v) is 11.4. The maximum absolute atomic E-state index is 9.60. The molecule has 2 heterocycles. The summed E-state index contributed by atoms with van der Waals surface area (Å²) >= 11 is 8.46. The molecule has 0 aromatic carbocycles. The van der Waals surface area contributed by atoms with E-state index in [1.165, 1.54) is 82.9 Å². The highest BCUT2D eigenvalue weighted by Crippen LogP contribution is 2.37. The Morgan fingerprint density at radius 3 is 1.36 bits per heavy atom.